The molecule has 0 aliphatic heterocycles. The zero-order valence-corrected chi connectivity index (χ0v) is 12.2. The first-order valence-electron chi connectivity index (χ1n) is 5.64. The molecule has 0 aliphatic carbocycles. The maximum atomic E-state index is 11.8. The predicted octanol–water partition coefficient (Wildman–Crippen LogP) is 3.93. The molecule has 0 amide bonds. The molecule has 0 unspecified atom stereocenters. The van der Waals surface area contributed by atoms with Crippen molar-refractivity contribution in [1.82, 2.24) is 0 Å². The van der Waals surface area contributed by atoms with E-state index in [0.717, 1.165) is 29.3 Å². The lowest BCUT2D eigenvalue weighted by Gasteiger charge is -2.11. The van der Waals surface area contributed by atoms with E-state index in [-0.39, 0.29) is 5.97 Å². The molecular weight excluding hydrogens is 303 g/mol. The minimum Gasteiger partial charge on any atom is -0.462 e. The van der Waals surface area contributed by atoms with Crippen LogP contribution in [0.4, 0.5) is 0 Å². The van der Waals surface area contributed by atoms with Gasteiger partial charge in [0.2, 0.25) is 0 Å². The second-order valence-corrected chi connectivity index (χ2v) is 4.65. The van der Waals surface area contributed by atoms with Gasteiger partial charge in [0, 0.05) is 11.2 Å². The van der Waals surface area contributed by atoms with Crippen molar-refractivity contribution in [2.45, 2.75) is 25.6 Å². The standard InChI is InChI=1S/C13H16BrClO2/c1-2-17-13(16)11-7-3-5-10(6-4-8-14)12(11)9-15/h3,5,7H,2,4,6,8-9H2,1H3. The lowest BCUT2D eigenvalue weighted by atomic mass is 9.99. The van der Waals surface area contributed by atoms with E-state index in [9.17, 15) is 4.79 Å². The van der Waals surface area contributed by atoms with E-state index < -0.39 is 0 Å². The number of carbonyl (C=O) groups is 1. The third kappa shape index (κ3) is 4.00. The molecule has 0 fully saturated rings. The van der Waals surface area contributed by atoms with Crippen LogP contribution in [-0.4, -0.2) is 17.9 Å². The Bertz CT molecular complexity index is 380. The van der Waals surface area contributed by atoms with Crippen LogP contribution in [-0.2, 0) is 17.0 Å². The van der Waals surface area contributed by atoms with Crippen LogP contribution in [0, 0.1) is 0 Å². The zero-order chi connectivity index (χ0) is 12.7. The van der Waals surface area contributed by atoms with Gasteiger partial charge >= 0.3 is 5.97 Å². The SMILES string of the molecule is CCOC(=O)c1cccc(CCCBr)c1CCl. The maximum absolute atomic E-state index is 11.8. The summed E-state index contributed by atoms with van der Waals surface area (Å²) in [6.45, 7) is 2.18. The third-order valence-corrected chi connectivity index (χ3v) is 3.31. The van der Waals surface area contributed by atoms with E-state index in [1.165, 1.54) is 0 Å². The monoisotopic (exact) mass is 318 g/mol. The predicted molar refractivity (Wildman–Crippen MR) is 74.1 cm³/mol. The van der Waals surface area contributed by atoms with Gasteiger partial charge in [-0.3, -0.25) is 0 Å². The number of esters is 1. The molecule has 1 rings (SSSR count). The summed E-state index contributed by atoms with van der Waals surface area (Å²) in [6, 6.07) is 5.67. The minimum atomic E-state index is -0.288. The number of halogens is 2. The number of ether oxygens (including phenoxy) is 1. The zero-order valence-electron chi connectivity index (χ0n) is 9.84. The first-order valence-corrected chi connectivity index (χ1v) is 7.30. The summed E-state index contributed by atoms with van der Waals surface area (Å²) in [6.07, 6.45) is 1.94. The number of hydrogen-bond acceptors (Lipinski definition) is 2. The van der Waals surface area contributed by atoms with Crippen LogP contribution in [0.3, 0.4) is 0 Å². The van der Waals surface area contributed by atoms with Gasteiger partial charge in [-0.05, 0) is 37.0 Å². The molecule has 0 heterocycles. The summed E-state index contributed by atoms with van der Waals surface area (Å²) in [5.74, 6) is 0.0518. The van der Waals surface area contributed by atoms with Crippen molar-refractivity contribution in [1.29, 1.82) is 0 Å². The number of benzene rings is 1. The van der Waals surface area contributed by atoms with E-state index in [1.54, 1.807) is 13.0 Å². The van der Waals surface area contributed by atoms with E-state index in [0.29, 0.717) is 18.1 Å². The highest BCUT2D eigenvalue weighted by molar-refractivity contribution is 9.09. The smallest absolute Gasteiger partial charge is 0.338 e. The molecule has 1 aromatic carbocycles. The van der Waals surface area contributed by atoms with Crippen LogP contribution >= 0.6 is 27.5 Å². The molecule has 0 saturated heterocycles. The Labute approximate surface area is 115 Å². The van der Waals surface area contributed by atoms with Crippen molar-refractivity contribution in [3.05, 3.63) is 34.9 Å². The van der Waals surface area contributed by atoms with Crippen molar-refractivity contribution in [3.8, 4) is 0 Å². The molecule has 0 aliphatic rings. The fourth-order valence-corrected chi connectivity index (χ4v) is 2.28. The molecule has 0 radical (unpaired) electrons. The number of aryl methyl sites for hydroxylation is 1. The highest BCUT2D eigenvalue weighted by Crippen LogP contribution is 2.20. The first kappa shape index (κ1) is 14.5. The number of carbonyl (C=O) groups excluding carboxylic acids is 1. The fourth-order valence-electron chi connectivity index (χ4n) is 1.68. The number of alkyl halides is 2. The van der Waals surface area contributed by atoms with Crippen LogP contribution in [0.2, 0.25) is 0 Å². The molecular formula is C13H16BrClO2. The molecule has 17 heavy (non-hydrogen) atoms. The number of hydrogen-bond donors (Lipinski definition) is 0. The normalized spacial score (nSPS) is 10.3. The molecule has 0 spiro atoms. The van der Waals surface area contributed by atoms with Crippen LogP contribution in [0.1, 0.15) is 34.8 Å². The quantitative estimate of drug-likeness (QED) is 0.586. The van der Waals surface area contributed by atoms with Gasteiger partial charge in [-0.15, -0.1) is 11.6 Å². The van der Waals surface area contributed by atoms with Crippen LogP contribution in [0.5, 0.6) is 0 Å². The Morgan fingerprint density at radius 2 is 2.24 bits per heavy atom. The summed E-state index contributed by atoms with van der Waals surface area (Å²) in [5.41, 5.74) is 2.62. The van der Waals surface area contributed by atoms with Crippen molar-refractivity contribution in [3.63, 3.8) is 0 Å². The third-order valence-electron chi connectivity index (χ3n) is 2.48. The van der Waals surface area contributed by atoms with Gasteiger partial charge in [0.05, 0.1) is 12.2 Å². The minimum absolute atomic E-state index is 0.288. The Hall–Kier alpha value is -0.540. The average molecular weight is 320 g/mol. The van der Waals surface area contributed by atoms with Gasteiger partial charge in [0.15, 0.2) is 0 Å². The van der Waals surface area contributed by atoms with Crippen LogP contribution < -0.4 is 0 Å². The molecule has 4 heteroatoms. The van der Waals surface area contributed by atoms with Gasteiger partial charge in [-0.2, -0.15) is 0 Å². The van der Waals surface area contributed by atoms with Crippen molar-refractivity contribution >= 4 is 33.5 Å². The van der Waals surface area contributed by atoms with Crippen LogP contribution in [0.25, 0.3) is 0 Å². The van der Waals surface area contributed by atoms with E-state index >= 15 is 0 Å². The molecule has 0 atom stereocenters. The highest BCUT2D eigenvalue weighted by atomic mass is 79.9. The Balaban J connectivity index is 3.00. The van der Waals surface area contributed by atoms with Crippen LogP contribution in [0.15, 0.2) is 18.2 Å². The molecule has 0 saturated carbocycles. The van der Waals surface area contributed by atoms with Gasteiger partial charge in [-0.1, -0.05) is 28.1 Å². The van der Waals surface area contributed by atoms with Gasteiger partial charge in [0.1, 0.15) is 0 Å². The van der Waals surface area contributed by atoms with Crippen molar-refractivity contribution in [2.24, 2.45) is 0 Å². The van der Waals surface area contributed by atoms with Crippen molar-refractivity contribution in [2.75, 3.05) is 11.9 Å². The number of rotatable bonds is 6. The Morgan fingerprint density at radius 1 is 1.47 bits per heavy atom. The van der Waals surface area contributed by atoms with Gasteiger partial charge in [-0.25, -0.2) is 4.79 Å². The average Bonchev–Trinajstić information content (AvgIpc) is 2.36. The van der Waals surface area contributed by atoms with Gasteiger partial charge < -0.3 is 4.74 Å². The highest BCUT2D eigenvalue weighted by Gasteiger charge is 2.14. The van der Waals surface area contributed by atoms with E-state index in [4.69, 9.17) is 16.3 Å². The summed E-state index contributed by atoms with van der Waals surface area (Å²) in [7, 11) is 0. The molecule has 2 nitrogen and oxygen atoms in total. The Morgan fingerprint density at radius 3 is 2.82 bits per heavy atom. The topological polar surface area (TPSA) is 26.3 Å². The largest absolute Gasteiger partial charge is 0.462 e. The molecule has 94 valence electrons. The maximum Gasteiger partial charge on any atom is 0.338 e. The molecule has 0 N–H and O–H groups in total. The second-order valence-electron chi connectivity index (χ2n) is 3.59. The fraction of sp³-hybridized carbons (Fsp3) is 0.462. The molecule has 0 aromatic heterocycles. The summed E-state index contributed by atoms with van der Waals surface area (Å²) in [5, 5.41) is 0.943. The molecule has 1 aromatic rings. The second kappa shape index (κ2) is 7.72. The van der Waals surface area contributed by atoms with E-state index in [1.807, 2.05) is 12.1 Å². The Kier molecular flexibility index (Phi) is 6.60. The lowest BCUT2D eigenvalue weighted by Crippen LogP contribution is -2.09. The molecule has 0 bridgehead atoms. The van der Waals surface area contributed by atoms with E-state index in [2.05, 4.69) is 15.9 Å². The summed E-state index contributed by atoms with van der Waals surface area (Å²) < 4.78 is 5.02. The van der Waals surface area contributed by atoms with Crippen molar-refractivity contribution < 1.29 is 9.53 Å². The van der Waals surface area contributed by atoms with Gasteiger partial charge in [0.25, 0.3) is 0 Å². The summed E-state index contributed by atoms with van der Waals surface area (Å²) >= 11 is 9.34. The summed E-state index contributed by atoms with van der Waals surface area (Å²) in [4.78, 5) is 11.8. The first-order chi connectivity index (χ1) is 8.24. The lowest BCUT2D eigenvalue weighted by molar-refractivity contribution is 0.0525.